The number of ether oxygens (including phenoxy) is 1. The number of rotatable bonds is 5. The zero-order valence-corrected chi connectivity index (χ0v) is 18.8. The average Bonchev–Trinajstić information content (AvgIpc) is 3.27. The van der Waals surface area contributed by atoms with Crippen molar-refractivity contribution in [3.63, 3.8) is 0 Å². The third-order valence-corrected chi connectivity index (χ3v) is 9.31. The van der Waals surface area contributed by atoms with Crippen LogP contribution in [0.3, 0.4) is 0 Å². The Morgan fingerprint density at radius 2 is 1.94 bits per heavy atom. The van der Waals surface area contributed by atoms with E-state index in [0.29, 0.717) is 6.42 Å². The molecule has 0 aliphatic carbocycles. The molecule has 0 aromatic heterocycles. The summed E-state index contributed by atoms with van der Waals surface area (Å²) in [5.74, 6) is -3.32. The van der Waals surface area contributed by atoms with E-state index in [1.54, 1.807) is 0 Å². The number of fused-ring (bicyclic) bond motifs is 1. The molecular formula is C20H23N3O10S. The van der Waals surface area contributed by atoms with Crippen LogP contribution >= 0.6 is 0 Å². The van der Waals surface area contributed by atoms with Crippen LogP contribution in [0.1, 0.15) is 30.1 Å². The summed E-state index contributed by atoms with van der Waals surface area (Å²) in [6, 6.07) is 1.48. The molecule has 34 heavy (non-hydrogen) atoms. The number of hydrogen-bond acceptors (Lipinski definition) is 9. The van der Waals surface area contributed by atoms with Crippen LogP contribution in [-0.2, 0) is 24.2 Å². The third kappa shape index (κ3) is 3.57. The monoisotopic (exact) mass is 497 g/mol. The molecule has 4 N–H and O–H groups in total. The number of aromatic hydroxyl groups is 2. The van der Waals surface area contributed by atoms with Crippen LogP contribution in [0, 0.1) is 0 Å². The van der Waals surface area contributed by atoms with E-state index >= 15 is 0 Å². The van der Waals surface area contributed by atoms with Gasteiger partial charge in [0.15, 0.2) is 27.4 Å². The highest BCUT2D eigenvalue weighted by atomic mass is 32.2. The molecule has 1 aromatic rings. The van der Waals surface area contributed by atoms with Crippen molar-refractivity contribution in [2.45, 2.75) is 42.0 Å². The highest BCUT2D eigenvalue weighted by Crippen LogP contribution is 2.46. The van der Waals surface area contributed by atoms with Crippen molar-refractivity contribution in [1.29, 1.82) is 0 Å². The summed E-state index contributed by atoms with van der Waals surface area (Å²) in [6.07, 6.45) is -0.913. The maximum atomic E-state index is 12.8. The van der Waals surface area contributed by atoms with Gasteiger partial charge in [-0.3, -0.25) is 9.59 Å². The first-order valence-electron chi connectivity index (χ1n) is 10.4. The summed E-state index contributed by atoms with van der Waals surface area (Å²) in [4.78, 5) is 50.7. The Kier molecular flexibility index (Phi) is 5.58. The number of alkyl carbamates (subject to hydrolysis) is 1. The number of benzene rings is 1. The van der Waals surface area contributed by atoms with Crippen molar-refractivity contribution >= 4 is 33.7 Å². The Morgan fingerprint density at radius 3 is 2.56 bits per heavy atom. The minimum atomic E-state index is -4.11. The number of nitrogens with one attached hydrogen (secondary N) is 1. The Balaban J connectivity index is 1.36. The van der Waals surface area contributed by atoms with Crippen LogP contribution < -0.4 is 5.32 Å². The molecule has 0 saturated carbocycles. The van der Waals surface area contributed by atoms with E-state index in [9.17, 15) is 42.9 Å². The number of β-lactam (4-membered cyclic amide) rings is 1. The molecule has 3 saturated heterocycles. The Morgan fingerprint density at radius 1 is 1.24 bits per heavy atom. The number of amides is 3. The second-order valence-electron chi connectivity index (χ2n) is 8.72. The van der Waals surface area contributed by atoms with Crippen molar-refractivity contribution in [3.8, 4) is 11.5 Å². The molecule has 0 radical (unpaired) electrons. The number of hydrogen-bond donors (Lipinski definition) is 4. The molecule has 4 rings (SSSR count). The molecule has 13 nitrogen and oxygen atoms in total. The van der Waals surface area contributed by atoms with Crippen molar-refractivity contribution in [2.24, 2.45) is 0 Å². The Bertz CT molecular complexity index is 1190. The van der Waals surface area contributed by atoms with E-state index in [-0.39, 0.29) is 30.8 Å². The molecule has 184 valence electrons. The fourth-order valence-corrected chi connectivity index (χ4v) is 6.86. The zero-order valence-electron chi connectivity index (χ0n) is 18.0. The summed E-state index contributed by atoms with van der Waals surface area (Å²) in [6.45, 7) is 0.786. The fraction of sp³-hybridized carbons (Fsp3) is 0.500. The van der Waals surface area contributed by atoms with Crippen LogP contribution in [0.15, 0.2) is 18.2 Å². The number of phenolic OH excluding ortho intramolecular Hbond substituents is 2. The van der Waals surface area contributed by atoms with Crippen molar-refractivity contribution < 1.29 is 47.7 Å². The number of sulfone groups is 1. The van der Waals surface area contributed by atoms with E-state index in [2.05, 4.69) is 5.32 Å². The van der Waals surface area contributed by atoms with Crippen LogP contribution in [0.4, 0.5) is 4.79 Å². The molecule has 4 atom stereocenters. The van der Waals surface area contributed by atoms with E-state index in [4.69, 9.17) is 4.74 Å². The lowest BCUT2D eigenvalue weighted by Gasteiger charge is -2.35. The Labute approximate surface area is 193 Å². The van der Waals surface area contributed by atoms with E-state index < -0.39 is 68.3 Å². The molecule has 3 heterocycles. The van der Waals surface area contributed by atoms with Crippen LogP contribution in [0.25, 0.3) is 0 Å². The third-order valence-electron chi connectivity index (χ3n) is 6.56. The van der Waals surface area contributed by atoms with Crippen molar-refractivity contribution in [3.05, 3.63) is 23.8 Å². The summed E-state index contributed by atoms with van der Waals surface area (Å²) in [5.41, 5.74) is 0.150. The molecule has 0 bridgehead atoms. The van der Waals surface area contributed by atoms with Gasteiger partial charge in [-0.1, -0.05) is 0 Å². The molecule has 3 amide bonds. The number of carbonyl (C=O) groups excluding carboxylic acids is 3. The number of nitrogens with zero attached hydrogens (tertiary/aromatic N) is 2. The quantitative estimate of drug-likeness (QED) is 0.297. The summed E-state index contributed by atoms with van der Waals surface area (Å²) in [5, 5.41) is 29.8. The van der Waals surface area contributed by atoms with E-state index in [1.165, 1.54) is 17.0 Å². The van der Waals surface area contributed by atoms with Gasteiger partial charge in [-0.05, 0) is 31.5 Å². The lowest BCUT2D eigenvalue weighted by molar-refractivity contribution is -0.158. The van der Waals surface area contributed by atoms with Gasteiger partial charge in [0, 0.05) is 18.7 Å². The lowest BCUT2D eigenvalue weighted by Crippen LogP contribution is -2.58. The predicted molar refractivity (Wildman–Crippen MR) is 113 cm³/mol. The van der Waals surface area contributed by atoms with Crippen LogP contribution in [0.2, 0.25) is 0 Å². The number of carboxylic acid groups (broad SMARTS) is 1. The number of likely N-dealkylation sites (tertiary alicyclic amines) is 1. The van der Waals surface area contributed by atoms with Gasteiger partial charge in [0.2, 0.25) is 5.91 Å². The number of aliphatic carboxylic acids is 1. The van der Waals surface area contributed by atoms with Crippen LogP contribution in [0.5, 0.6) is 11.5 Å². The zero-order chi connectivity index (χ0) is 25.0. The van der Waals surface area contributed by atoms with E-state index in [1.807, 2.05) is 0 Å². The fourth-order valence-electron chi connectivity index (χ4n) is 4.59. The minimum Gasteiger partial charge on any atom is -0.504 e. The molecule has 14 heteroatoms. The van der Waals surface area contributed by atoms with Gasteiger partial charge in [0.05, 0.1) is 12.5 Å². The summed E-state index contributed by atoms with van der Waals surface area (Å²) in [7, 11) is -4.11. The molecule has 1 aromatic carbocycles. The van der Waals surface area contributed by atoms with Gasteiger partial charge in [-0.15, -0.1) is 0 Å². The summed E-state index contributed by atoms with van der Waals surface area (Å²) >= 11 is 0. The second kappa shape index (κ2) is 8.04. The number of carboxylic acids is 1. The largest absolute Gasteiger partial charge is 0.504 e. The maximum Gasteiger partial charge on any atom is 0.407 e. The molecule has 1 unspecified atom stereocenters. The van der Waals surface area contributed by atoms with Gasteiger partial charge >= 0.3 is 12.1 Å². The second-order valence-corrected chi connectivity index (χ2v) is 11.3. The highest BCUT2D eigenvalue weighted by Gasteiger charge is 2.70. The first-order chi connectivity index (χ1) is 15.9. The van der Waals surface area contributed by atoms with Gasteiger partial charge in [-0.25, -0.2) is 18.0 Å². The average molecular weight is 497 g/mol. The number of phenols is 2. The van der Waals surface area contributed by atoms with Crippen LogP contribution in [-0.4, -0.2) is 99.3 Å². The summed E-state index contributed by atoms with van der Waals surface area (Å²) < 4.78 is 28.8. The topological polar surface area (TPSA) is 191 Å². The molecule has 3 fully saturated rings. The predicted octanol–water partition coefficient (Wildman–Crippen LogP) is -0.763. The Hall–Kier alpha value is -3.55. The molecule has 0 spiro atoms. The lowest BCUT2D eigenvalue weighted by atomic mass is 9.97. The SMILES string of the molecule is C[C@]1(COC(=O)NC2CCN(C(=O)c3ccc(O)c(O)c3)C2)[C@H](C(=O)O)N2C(=O)C[C@H]2S1(=O)=O. The van der Waals surface area contributed by atoms with Gasteiger partial charge in [-0.2, -0.15) is 0 Å². The first-order valence-corrected chi connectivity index (χ1v) is 11.9. The van der Waals surface area contributed by atoms with Gasteiger partial charge < -0.3 is 35.2 Å². The standard InChI is InChI=1S/C20H23N3O10S/c1-20(16(18(28)29)23-14(26)7-15(23)34(20,31)32)9-33-19(30)21-11-4-5-22(8-11)17(27)10-2-3-12(24)13(25)6-10/h2-3,6,11,15-16,24-25H,4-5,7-9H2,1H3,(H,21,30)(H,28,29)/t11?,15-,16+,20+/m1/s1. The smallest absolute Gasteiger partial charge is 0.407 e. The molecule has 3 aliphatic rings. The minimum absolute atomic E-state index is 0.118. The van der Waals surface area contributed by atoms with E-state index in [0.717, 1.165) is 17.9 Å². The van der Waals surface area contributed by atoms with Gasteiger partial charge in [0.1, 0.15) is 16.7 Å². The normalized spacial score (nSPS) is 29.3. The van der Waals surface area contributed by atoms with Gasteiger partial charge in [0.25, 0.3) is 5.91 Å². The molecule has 3 aliphatic heterocycles. The number of carbonyl (C=O) groups is 4. The first kappa shape index (κ1) is 23.6. The maximum absolute atomic E-state index is 12.8. The molecular weight excluding hydrogens is 474 g/mol. The van der Waals surface area contributed by atoms with Crippen molar-refractivity contribution in [1.82, 2.24) is 15.1 Å². The highest BCUT2D eigenvalue weighted by molar-refractivity contribution is 7.94. The van der Waals surface area contributed by atoms with Crippen molar-refractivity contribution in [2.75, 3.05) is 19.7 Å².